The molecule has 0 aliphatic heterocycles. The lowest BCUT2D eigenvalue weighted by Gasteiger charge is -2.16. The van der Waals surface area contributed by atoms with E-state index >= 15 is 0 Å². The molecule has 0 aliphatic carbocycles. The van der Waals surface area contributed by atoms with E-state index in [9.17, 15) is 4.79 Å². The van der Waals surface area contributed by atoms with Gasteiger partial charge >= 0.3 is 0 Å². The molecule has 0 spiro atoms. The fraction of sp³-hybridized carbons (Fsp3) is 0.273. The van der Waals surface area contributed by atoms with Crippen LogP contribution in [0.3, 0.4) is 0 Å². The van der Waals surface area contributed by atoms with E-state index in [1.165, 1.54) is 0 Å². The van der Waals surface area contributed by atoms with Crippen molar-refractivity contribution in [3.05, 3.63) is 82.1 Å². The lowest BCUT2D eigenvalue weighted by atomic mass is 10.1. The highest BCUT2D eigenvalue weighted by Crippen LogP contribution is 2.24. The molecule has 1 N–H and O–H groups in total. The zero-order chi connectivity index (χ0) is 20.1. The van der Waals surface area contributed by atoms with Crippen molar-refractivity contribution in [2.75, 3.05) is 0 Å². The summed E-state index contributed by atoms with van der Waals surface area (Å²) in [6.45, 7) is 6.87. The lowest BCUT2D eigenvalue weighted by Crippen LogP contribution is -2.36. The van der Waals surface area contributed by atoms with E-state index in [-0.39, 0.29) is 5.91 Å². The Morgan fingerprint density at radius 3 is 2.61 bits per heavy atom. The van der Waals surface area contributed by atoms with Gasteiger partial charge in [0.15, 0.2) is 6.10 Å². The van der Waals surface area contributed by atoms with Crippen LogP contribution in [0.25, 0.3) is 0 Å². The van der Waals surface area contributed by atoms with Gasteiger partial charge in [-0.1, -0.05) is 48.0 Å². The van der Waals surface area contributed by atoms with Gasteiger partial charge in [0.05, 0.1) is 17.3 Å². The van der Waals surface area contributed by atoms with E-state index in [4.69, 9.17) is 16.3 Å². The number of carbonyl (C=O) groups excluding carboxylic acids is 1. The number of hydrogen-bond acceptors (Lipinski definition) is 3. The minimum Gasteiger partial charge on any atom is -0.479 e. The first-order valence-corrected chi connectivity index (χ1v) is 9.58. The molecule has 0 saturated heterocycles. The zero-order valence-electron chi connectivity index (χ0n) is 16.3. The fourth-order valence-corrected chi connectivity index (χ4v) is 3.14. The number of rotatable bonds is 7. The van der Waals surface area contributed by atoms with Crippen LogP contribution >= 0.6 is 11.6 Å². The number of carbonyl (C=O) groups is 1. The van der Waals surface area contributed by atoms with Crippen molar-refractivity contribution in [3.63, 3.8) is 0 Å². The molecule has 3 aromatic rings. The Morgan fingerprint density at radius 1 is 1.14 bits per heavy atom. The first-order chi connectivity index (χ1) is 13.4. The van der Waals surface area contributed by atoms with Crippen LogP contribution in [0.15, 0.2) is 54.6 Å². The topological polar surface area (TPSA) is 56.2 Å². The highest BCUT2D eigenvalue weighted by atomic mass is 35.5. The Hall–Kier alpha value is -2.79. The number of nitrogens with zero attached hydrogens (tertiary/aromatic N) is 2. The number of aryl methyl sites for hydroxylation is 2. The number of nitrogens with one attached hydrogen (secondary N) is 1. The van der Waals surface area contributed by atoms with Gasteiger partial charge in [0.25, 0.3) is 5.91 Å². The summed E-state index contributed by atoms with van der Waals surface area (Å²) in [6.07, 6.45) is -0.641. The number of para-hydroxylation sites is 1. The molecule has 0 aliphatic rings. The molecule has 1 aromatic heterocycles. The second-order valence-corrected chi connectivity index (χ2v) is 7.22. The van der Waals surface area contributed by atoms with Gasteiger partial charge in [-0.15, -0.1) is 0 Å². The van der Waals surface area contributed by atoms with Crippen molar-refractivity contribution < 1.29 is 9.53 Å². The summed E-state index contributed by atoms with van der Waals surface area (Å²) in [5, 5.41) is 7.90. The molecule has 3 rings (SSSR count). The van der Waals surface area contributed by atoms with Crippen LogP contribution in [0, 0.1) is 13.8 Å². The van der Waals surface area contributed by atoms with Gasteiger partial charge < -0.3 is 10.1 Å². The van der Waals surface area contributed by atoms with Gasteiger partial charge in [-0.2, -0.15) is 5.10 Å². The third kappa shape index (κ3) is 5.14. The normalized spacial score (nSPS) is 11.9. The molecule has 1 heterocycles. The van der Waals surface area contributed by atoms with Crippen molar-refractivity contribution in [1.82, 2.24) is 15.1 Å². The second kappa shape index (κ2) is 8.93. The highest BCUT2D eigenvalue weighted by Gasteiger charge is 2.15. The summed E-state index contributed by atoms with van der Waals surface area (Å²) in [5.74, 6) is 0.308. The van der Waals surface area contributed by atoms with E-state index in [0.29, 0.717) is 23.9 Å². The Morgan fingerprint density at radius 2 is 1.89 bits per heavy atom. The predicted molar refractivity (Wildman–Crippen MR) is 111 cm³/mol. The standard InChI is InChI=1S/C22H24ClN3O2/c1-15-11-16(2)26(25-15)14-19-8-6-7-18(12-19)13-24-22(27)17(3)28-21-10-5-4-9-20(21)23/h4-12,17H,13-14H2,1-3H3,(H,24,27). The molecule has 0 radical (unpaired) electrons. The molecule has 2 aromatic carbocycles. The SMILES string of the molecule is Cc1cc(C)n(Cc2cccc(CNC(=O)C(C)Oc3ccccc3Cl)c2)n1. The minimum atomic E-state index is -0.641. The molecular formula is C22H24ClN3O2. The summed E-state index contributed by atoms with van der Waals surface area (Å²) in [4.78, 5) is 12.4. The first kappa shape index (κ1) is 20.0. The molecule has 1 amide bonds. The number of benzene rings is 2. The van der Waals surface area contributed by atoms with Crippen molar-refractivity contribution in [2.24, 2.45) is 0 Å². The summed E-state index contributed by atoms with van der Waals surface area (Å²) < 4.78 is 7.64. The van der Waals surface area contributed by atoms with Crippen LogP contribution < -0.4 is 10.1 Å². The maximum absolute atomic E-state index is 12.4. The molecular weight excluding hydrogens is 374 g/mol. The number of aromatic nitrogens is 2. The molecule has 0 saturated carbocycles. The van der Waals surface area contributed by atoms with Crippen molar-refractivity contribution in [1.29, 1.82) is 0 Å². The van der Waals surface area contributed by atoms with E-state index in [1.807, 2.05) is 42.8 Å². The molecule has 28 heavy (non-hydrogen) atoms. The summed E-state index contributed by atoms with van der Waals surface area (Å²) in [5.41, 5.74) is 4.30. The van der Waals surface area contributed by atoms with Crippen LogP contribution in [-0.2, 0) is 17.9 Å². The number of halogens is 1. The van der Waals surface area contributed by atoms with Gasteiger partial charge in [0, 0.05) is 12.2 Å². The molecule has 146 valence electrons. The predicted octanol–water partition coefficient (Wildman–Crippen LogP) is 4.29. The van der Waals surface area contributed by atoms with Gasteiger partial charge in [0.2, 0.25) is 0 Å². The zero-order valence-corrected chi connectivity index (χ0v) is 17.0. The number of hydrogen-bond donors (Lipinski definition) is 1. The van der Waals surface area contributed by atoms with E-state index < -0.39 is 6.10 Å². The van der Waals surface area contributed by atoms with Gasteiger partial charge in [-0.25, -0.2) is 0 Å². The van der Waals surface area contributed by atoms with Crippen molar-refractivity contribution in [3.8, 4) is 5.75 Å². The third-order valence-corrected chi connectivity index (χ3v) is 4.72. The molecule has 5 nitrogen and oxygen atoms in total. The quantitative estimate of drug-likeness (QED) is 0.647. The average molecular weight is 398 g/mol. The highest BCUT2D eigenvalue weighted by molar-refractivity contribution is 6.32. The average Bonchev–Trinajstić information content (AvgIpc) is 2.98. The Labute approximate surface area is 170 Å². The molecule has 0 fully saturated rings. The van der Waals surface area contributed by atoms with E-state index in [1.54, 1.807) is 19.1 Å². The van der Waals surface area contributed by atoms with Crippen LogP contribution in [-0.4, -0.2) is 21.8 Å². The van der Waals surface area contributed by atoms with Gasteiger partial charge in [-0.3, -0.25) is 9.48 Å². The second-order valence-electron chi connectivity index (χ2n) is 6.81. The molecule has 1 atom stereocenters. The molecule has 6 heteroatoms. The fourth-order valence-electron chi connectivity index (χ4n) is 2.96. The number of amides is 1. The Kier molecular flexibility index (Phi) is 6.37. The maximum atomic E-state index is 12.4. The van der Waals surface area contributed by atoms with Crippen molar-refractivity contribution in [2.45, 2.75) is 40.0 Å². The minimum absolute atomic E-state index is 0.191. The number of ether oxygens (including phenoxy) is 1. The largest absolute Gasteiger partial charge is 0.479 e. The Bertz CT molecular complexity index is 968. The van der Waals surface area contributed by atoms with E-state index in [0.717, 1.165) is 22.5 Å². The van der Waals surface area contributed by atoms with Gasteiger partial charge in [0.1, 0.15) is 5.75 Å². The van der Waals surface area contributed by atoms with Crippen LogP contribution in [0.2, 0.25) is 5.02 Å². The lowest BCUT2D eigenvalue weighted by molar-refractivity contribution is -0.127. The van der Waals surface area contributed by atoms with Crippen LogP contribution in [0.5, 0.6) is 5.75 Å². The first-order valence-electron chi connectivity index (χ1n) is 9.20. The van der Waals surface area contributed by atoms with Crippen LogP contribution in [0.4, 0.5) is 0 Å². The molecule has 1 unspecified atom stereocenters. The summed E-state index contributed by atoms with van der Waals surface area (Å²) >= 11 is 6.08. The monoisotopic (exact) mass is 397 g/mol. The van der Waals surface area contributed by atoms with Crippen molar-refractivity contribution >= 4 is 17.5 Å². The summed E-state index contributed by atoms with van der Waals surface area (Å²) in [7, 11) is 0. The maximum Gasteiger partial charge on any atom is 0.261 e. The summed E-state index contributed by atoms with van der Waals surface area (Å²) in [6, 6.07) is 17.3. The van der Waals surface area contributed by atoms with Crippen LogP contribution in [0.1, 0.15) is 29.4 Å². The van der Waals surface area contributed by atoms with Gasteiger partial charge in [-0.05, 0) is 50.1 Å². The third-order valence-electron chi connectivity index (χ3n) is 4.40. The van der Waals surface area contributed by atoms with E-state index in [2.05, 4.69) is 28.6 Å². The molecule has 0 bridgehead atoms. The smallest absolute Gasteiger partial charge is 0.261 e. The Balaban J connectivity index is 1.57.